The maximum atomic E-state index is 12.2. The molecule has 1 heterocycles. The zero-order chi connectivity index (χ0) is 17.3. The molecule has 0 atom stereocenters. The van der Waals surface area contributed by atoms with Crippen molar-refractivity contribution in [3.63, 3.8) is 0 Å². The average Bonchev–Trinajstić information content (AvgIpc) is 2.71. The van der Waals surface area contributed by atoms with Gasteiger partial charge >= 0.3 is 0 Å². The van der Waals surface area contributed by atoms with Crippen LogP contribution in [0.3, 0.4) is 0 Å². The van der Waals surface area contributed by atoms with E-state index in [-0.39, 0.29) is 49.5 Å². The van der Waals surface area contributed by atoms with E-state index in [1.54, 1.807) is 38.1 Å². The van der Waals surface area contributed by atoms with Crippen LogP contribution in [0.15, 0.2) is 24.3 Å². The molecular formula is C15H22ClN3O4S. The molecule has 134 valence electrons. The summed E-state index contributed by atoms with van der Waals surface area (Å²) in [4.78, 5) is 25.4. The highest BCUT2D eigenvalue weighted by Crippen LogP contribution is 2.22. The minimum atomic E-state index is -3.52. The van der Waals surface area contributed by atoms with Gasteiger partial charge in [-0.15, -0.1) is 12.4 Å². The Morgan fingerprint density at radius 1 is 1.12 bits per heavy atom. The normalized spacial score (nSPS) is 14.5. The molecule has 1 aliphatic heterocycles. The van der Waals surface area contributed by atoms with Crippen LogP contribution in [0.25, 0.3) is 0 Å². The molecule has 0 unspecified atom stereocenters. The monoisotopic (exact) mass is 375 g/mol. The van der Waals surface area contributed by atoms with E-state index in [0.29, 0.717) is 11.1 Å². The lowest BCUT2D eigenvalue weighted by molar-refractivity contribution is 0.0654. The third-order valence-corrected chi connectivity index (χ3v) is 5.30. The predicted octanol–water partition coefficient (Wildman–Crippen LogP) is 0.751. The van der Waals surface area contributed by atoms with E-state index < -0.39 is 15.6 Å². The summed E-state index contributed by atoms with van der Waals surface area (Å²) in [5.41, 5.74) is 5.50. The van der Waals surface area contributed by atoms with Gasteiger partial charge in [-0.05, 0) is 32.4 Å². The summed E-state index contributed by atoms with van der Waals surface area (Å²) in [6.45, 7) is 3.62. The number of rotatable bonds is 7. The number of hydrogen-bond donors (Lipinski definition) is 2. The molecule has 0 bridgehead atoms. The van der Waals surface area contributed by atoms with E-state index in [2.05, 4.69) is 4.72 Å². The first kappa shape index (κ1) is 20.6. The first-order valence-electron chi connectivity index (χ1n) is 7.34. The number of hydrogen-bond acceptors (Lipinski definition) is 5. The third-order valence-electron chi connectivity index (χ3n) is 3.62. The van der Waals surface area contributed by atoms with Gasteiger partial charge in [0.2, 0.25) is 10.0 Å². The topological polar surface area (TPSA) is 110 Å². The standard InChI is InChI=1S/C15H21N3O4S.ClH/c1-15(2,10-16)17-23(21,22)9-5-8-18-13(19)11-6-3-4-7-12(11)14(18)20;/h3-4,6-7,17H,5,8-10,16H2,1-2H3;1H. The number of nitrogens with zero attached hydrogens (tertiary/aromatic N) is 1. The van der Waals surface area contributed by atoms with Crippen LogP contribution in [0.5, 0.6) is 0 Å². The van der Waals surface area contributed by atoms with Gasteiger partial charge in [-0.3, -0.25) is 14.5 Å². The van der Waals surface area contributed by atoms with Crippen molar-refractivity contribution in [1.82, 2.24) is 9.62 Å². The zero-order valence-electron chi connectivity index (χ0n) is 13.6. The number of amides is 2. The first-order valence-corrected chi connectivity index (χ1v) is 8.99. The Morgan fingerprint density at radius 2 is 1.62 bits per heavy atom. The van der Waals surface area contributed by atoms with Crippen LogP contribution in [-0.2, 0) is 10.0 Å². The minimum Gasteiger partial charge on any atom is -0.329 e. The third kappa shape index (κ3) is 4.54. The molecule has 9 heteroatoms. The molecule has 0 aromatic heterocycles. The quantitative estimate of drug-likeness (QED) is 0.683. The number of halogens is 1. The number of benzene rings is 1. The summed E-state index contributed by atoms with van der Waals surface area (Å²) in [6, 6.07) is 6.57. The number of nitrogens with one attached hydrogen (secondary N) is 1. The summed E-state index contributed by atoms with van der Waals surface area (Å²) in [7, 11) is -3.52. The van der Waals surface area contributed by atoms with Crippen molar-refractivity contribution in [2.24, 2.45) is 5.73 Å². The van der Waals surface area contributed by atoms with E-state index in [1.165, 1.54) is 0 Å². The van der Waals surface area contributed by atoms with Gasteiger partial charge in [-0.25, -0.2) is 13.1 Å². The maximum Gasteiger partial charge on any atom is 0.261 e. The Bertz CT molecular complexity index is 699. The molecule has 0 saturated heterocycles. The van der Waals surface area contributed by atoms with Crippen LogP contribution < -0.4 is 10.5 Å². The van der Waals surface area contributed by atoms with Gasteiger partial charge < -0.3 is 5.73 Å². The van der Waals surface area contributed by atoms with Crippen molar-refractivity contribution in [3.05, 3.63) is 35.4 Å². The second kappa shape index (κ2) is 7.60. The Morgan fingerprint density at radius 3 is 2.08 bits per heavy atom. The number of carbonyl (C=O) groups is 2. The van der Waals surface area contributed by atoms with Crippen molar-refractivity contribution in [1.29, 1.82) is 0 Å². The molecule has 0 saturated carbocycles. The Balaban J connectivity index is 0.00000288. The summed E-state index contributed by atoms with van der Waals surface area (Å²) < 4.78 is 26.5. The number of imide groups is 1. The highest BCUT2D eigenvalue weighted by molar-refractivity contribution is 7.89. The number of sulfonamides is 1. The highest BCUT2D eigenvalue weighted by Gasteiger charge is 2.35. The predicted molar refractivity (Wildman–Crippen MR) is 93.7 cm³/mol. The van der Waals surface area contributed by atoms with Crippen molar-refractivity contribution >= 4 is 34.2 Å². The average molecular weight is 376 g/mol. The number of nitrogens with two attached hydrogens (primary N) is 1. The van der Waals surface area contributed by atoms with E-state index in [0.717, 1.165) is 4.90 Å². The van der Waals surface area contributed by atoms with Crippen LogP contribution in [-0.4, -0.2) is 49.5 Å². The fraction of sp³-hybridized carbons (Fsp3) is 0.467. The second-order valence-corrected chi connectivity index (χ2v) is 8.01. The van der Waals surface area contributed by atoms with Crippen molar-refractivity contribution in [3.8, 4) is 0 Å². The lowest BCUT2D eigenvalue weighted by Gasteiger charge is -2.24. The van der Waals surface area contributed by atoms with Crippen LogP contribution >= 0.6 is 12.4 Å². The number of fused-ring (bicyclic) bond motifs is 1. The van der Waals surface area contributed by atoms with Gasteiger partial charge in [0.25, 0.3) is 11.8 Å². The van der Waals surface area contributed by atoms with Crippen LogP contribution in [0.4, 0.5) is 0 Å². The van der Waals surface area contributed by atoms with Gasteiger partial charge in [-0.2, -0.15) is 0 Å². The molecule has 0 spiro atoms. The Labute approximate surface area is 148 Å². The van der Waals surface area contributed by atoms with Crippen molar-refractivity contribution in [2.45, 2.75) is 25.8 Å². The van der Waals surface area contributed by atoms with Crippen LogP contribution in [0, 0.1) is 0 Å². The smallest absolute Gasteiger partial charge is 0.261 e. The first-order chi connectivity index (χ1) is 10.7. The Kier molecular flexibility index (Phi) is 6.52. The molecule has 1 aromatic rings. The van der Waals surface area contributed by atoms with E-state index in [4.69, 9.17) is 5.73 Å². The van der Waals surface area contributed by atoms with Crippen molar-refractivity contribution < 1.29 is 18.0 Å². The maximum absolute atomic E-state index is 12.2. The highest BCUT2D eigenvalue weighted by atomic mass is 35.5. The van der Waals surface area contributed by atoms with Gasteiger partial charge in [0.1, 0.15) is 0 Å². The molecule has 1 aliphatic rings. The molecule has 0 radical (unpaired) electrons. The molecule has 0 fully saturated rings. The number of carbonyl (C=O) groups excluding carboxylic acids is 2. The van der Waals surface area contributed by atoms with Crippen molar-refractivity contribution in [2.75, 3.05) is 18.8 Å². The van der Waals surface area contributed by atoms with Gasteiger partial charge in [0.05, 0.1) is 16.9 Å². The second-order valence-electron chi connectivity index (χ2n) is 6.17. The van der Waals surface area contributed by atoms with Crippen LogP contribution in [0.1, 0.15) is 41.0 Å². The minimum absolute atomic E-state index is 0. The Hall–Kier alpha value is -1.48. The largest absolute Gasteiger partial charge is 0.329 e. The molecule has 2 rings (SSSR count). The fourth-order valence-electron chi connectivity index (χ4n) is 2.37. The fourth-order valence-corrected chi connectivity index (χ4v) is 3.91. The SMILES string of the molecule is CC(C)(CN)NS(=O)(=O)CCCN1C(=O)c2ccccc2C1=O.Cl. The molecule has 3 N–H and O–H groups in total. The van der Waals surface area contributed by atoms with Gasteiger partial charge in [-0.1, -0.05) is 12.1 Å². The molecule has 7 nitrogen and oxygen atoms in total. The summed E-state index contributed by atoms with van der Waals surface area (Å²) >= 11 is 0. The van der Waals surface area contributed by atoms with Gasteiger partial charge in [0, 0.05) is 18.6 Å². The van der Waals surface area contributed by atoms with Crippen LogP contribution in [0.2, 0.25) is 0 Å². The molecule has 0 aliphatic carbocycles. The summed E-state index contributed by atoms with van der Waals surface area (Å²) in [5, 5.41) is 0. The zero-order valence-corrected chi connectivity index (χ0v) is 15.2. The molecular weight excluding hydrogens is 354 g/mol. The molecule has 1 aromatic carbocycles. The summed E-state index contributed by atoms with van der Waals surface area (Å²) in [6.07, 6.45) is 0.168. The van der Waals surface area contributed by atoms with Gasteiger partial charge in [0.15, 0.2) is 0 Å². The summed E-state index contributed by atoms with van der Waals surface area (Å²) in [5.74, 6) is -0.930. The van der Waals surface area contributed by atoms with E-state index in [9.17, 15) is 18.0 Å². The van der Waals surface area contributed by atoms with E-state index in [1.807, 2.05) is 0 Å². The lowest BCUT2D eigenvalue weighted by atomic mass is 10.1. The molecule has 2 amide bonds. The van der Waals surface area contributed by atoms with E-state index >= 15 is 0 Å². The molecule has 24 heavy (non-hydrogen) atoms. The lowest BCUT2D eigenvalue weighted by Crippen LogP contribution is -2.49.